The molecule has 2 amide bonds. The fourth-order valence-electron chi connectivity index (χ4n) is 4.08. The molecule has 0 atom stereocenters. The van der Waals surface area contributed by atoms with Gasteiger partial charge in [-0.3, -0.25) is 0 Å². The number of para-hydroxylation sites is 1. The van der Waals surface area contributed by atoms with Crippen LogP contribution in [0.1, 0.15) is 29.1 Å². The summed E-state index contributed by atoms with van der Waals surface area (Å²) in [7, 11) is 0. The van der Waals surface area contributed by atoms with E-state index in [4.69, 9.17) is 16.6 Å². The van der Waals surface area contributed by atoms with Crippen molar-refractivity contribution < 1.29 is 4.79 Å². The summed E-state index contributed by atoms with van der Waals surface area (Å²) in [6, 6.07) is 15.5. The van der Waals surface area contributed by atoms with Crippen molar-refractivity contribution in [1.82, 2.24) is 14.9 Å². The molecule has 6 nitrogen and oxygen atoms in total. The van der Waals surface area contributed by atoms with Gasteiger partial charge in [0.15, 0.2) is 0 Å². The van der Waals surface area contributed by atoms with Crippen molar-refractivity contribution in [3.05, 3.63) is 80.7 Å². The number of nitrogens with zero attached hydrogens (tertiary/aromatic N) is 4. The van der Waals surface area contributed by atoms with E-state index in [0.717, 1.165) is 57.5 Å². The minimum atomic E-state index is -0.0832. The van der Waals surface area contributed by atoms with Crippen LogP contribution in [0.2, 0.25) is 5.02 Å². The van der Waals surface area contributed by atoms with Gasteiger partial charge in [-0.05, 0) is 66.0 Å². The molecular formula is C25H27BrClN5O. The smallest absolute Gasteiger partial charge is 0.321 e. The molecule has 3 aromatic rings. The van der Waals surface area contributed by atoms with E-state index in [1.807, 2.05) is 67.3 Å². The molecule has 172 valence electrons. The molecule has 0 spiro atoms. The van der Waals surface area contributed by atoms with Gasteiger partial charge in [-0.1, -0.05) is 35.9 Å². The summed E-state index contributed by atoms with van der Waals surface area (Å²) >= 11 is 9.56. The van der Waals surface area contributed by atoms with Gasteiger partial charge in [-0.2, -0.15) is 0 Å². The van der Waals surface area contributed by atoms with E-state index in [1.54, 1.807) is 0 Å². The first kappa shape index (κ1) is 23.5. The second-order valence-corrected chi connectivity index (χ2v) is 9.49. The highest BCUT2D eigenvalue weighted by molar-refractivity contribution is 9.10. The number of hydrogen-bond donors (Lipinski definition) is 1. The average molecular weight is 529 g/mol. The van der Waals surface area contributed by atoms with Crippen molar-refractivity contribution in [2.75, 3.05) is 36.4 Å². The summed E-state index contributed by atoms with van der Waals surface area (Å²) < 4.78 is 0.869. The largest absolute Gasteiger partial charge is 0.354 e. The molecule has 1 aliphatic rings. The summed E-state index contributed by atoms with van der Waals surface area (Å²) in [4.78, 5) is 26.5. The first-order valence-electron chi connectivity index (χ1n) is 11.0. The molecule has 0 radical (unpaired) electrons. The Bertz CT molecular complexity index is 1140. The van der Waals surface area contributed by atoms with Crippen molar-refractivity contribution in [1.29, 1.82) is 0 Å². The van der Waals surface area contributed by atoms with Crippen LogP contribution in [0.25, 0.3) is 0 Å². The van der Waals surface area contributed by atoms with Gasteiger partial charge in [0.2, 0.25) is 0 Å². The summed E-state index contributed by atoms with van der Waals surface area (Å²) in [5.74, 6) is 1.72. The van der Waals surface area contributed by atoms with Gasteiger partial charge in [0.25, 0.3) is 0 Å². The number of nitrogens with one attached hydrogen (secondary N) is 1. The SMILES string of the molecule is Cc1nc(C)c(Cc2ccc(Cl)cc2)c(N2CCCN(C(=O)Nc3ccccc3Br)CC2)n1. The lowest BCUT2D eigenvalue weighted by atomic mass is 10.0. The predicted molar refractivity (Wildman–Crippen MR) is 137 cm³/mol. The van der Waals surface area contributed by atoms with E-state index in [1.165, 1.54) is 5.56 Å². The van der Waals surface area contributed by atoms with Crippen LogP contribution in [0.5, 0.6) is 0 Å². The lowest BCUT2D eigenvalue weighted by molar-refractivity contribution is 0.215. The molecule has 0 bridgehead atoms. The van der Waals surface area contributed by atoms with Gasteiger partial charge in [0, 0.05) is 53.4 Å². The van der Waals surface area contributed by atoms with Crippen LogP contribution in [0.3, 0.4) is 0 Å². The lowest BCUT2D eigenvalue weighted by Crippen LogP contribution is -2.38. The molecule has 1 aromatic heterocycles. The fourth-order valence-corrected chi connectivity index (χ4v) is 4.59. The molecule has 0 aliphatic carbocycles. The maximum atomic E-state index is 12.9. The molecule has 8 heteroatoms. The van der Waals surface area contributed by atoms with E-state index in [0.29, 0.717) is 19.6 Å². The van der Waals surface area contributed by atoms with Gasteiger partial charge < -0.3 is 15.1 Å². The number of benzene rings is 2. The molecule has 2 heterocycles. The third-order valence-electron chi connectivity index (χ3n) is 5.80. The first-order chi connectivity index (χ1) is 15.9. The molecule has 1 fully saturated rings. The van der Waals surface area contributed by atoms with Crippen LogP contribution in [0, 0.1) is 13.8 Å². The van der Waals surface area contributed by atoms with Crippen molar-refractivity contribution in [3.8, 4) is 0 Å². The zero-order valence-electron chi connectivity index (χ0n) is 18.8. The lowest BCUT2D eigenvalue weighted by Gasteiger charge is -2.26. The number of carbonyl (C=O) groups is 1. The van der Waals surface area contributed by atoms with E-state index in [9.17, 15) is 4.79 Å². The number of aromatic nitrogens is 2. The second kappa shape index (κ2) is 10.5. The Balaban J connectivity index is 1.51. The summed E-state index contributed by atoms with van der Waals surface area (Å²) in [6.45, 7) is 6.84. The number of aryl methyl sites for hydroxylation is 2. The van der Waals surface area contributed by atoms with E-state index >= 15 is 0 Å². The molecule has 1 aliphatic heterocycles. The van der Waals surface area contributed by atoms with Crippen LogP contribution >= 0.6 is 27.5 Å². The predicted octanol–water partition coefficient (Wildman–Crippen LogP) is 5.84. The first-order valence-corrected chi connectivity index (χ1v) is 12.2. The van der Waals surface area contributed by atoms with E-state index in [-0.39, 0.29) is 6.03 Å². The van der Waals surface area contributed by atoms with Crippen LogP contribution < -0.4 is 10.2 Å². The Kier molecular flexibility index (Phi) is 7.50. The zero-order valence-corrected chi connectivity index (χ0v) is 21.2. The molecule has 0 unspecified atom stereocenters. The van der Waals surface area contributed by atoms with Crippen molar-refractivity contribution >= 4 is 45.1 Å². The normalized spacial score (nSPS) is 14.2. The highest BCUT2D eigenvalue weighted by Gasteiger charge is 2.23. The molecular weight excluding hydrogens is 502 g/mol. The topological polar surface area (TPSA) is 61.4 Å². The van der Waals surface area contributed by atoms with Gasteiger partial charge in [-0.25, -0.2) is 14.8 Å². The number of amides is 2. The van der Waals surface area contributed by atoms with Crippen molar-refractivity contribution in [2.45, 2.75) is 26.7 Å². The van der Waals surface area contributed by atoms with E-state index in [2.05, 4.69) is 31.1 Å². The maximum Gasteiger partial charge on any atom is 0.321 e. The molecule has 1 saturated heterocycles. The summed E-state index contributed by atoms with van der Waals surface area (Å²) in [5, 5.41) is 3.74. The minimum absolute atomic E-state index is 0.0832. The maximum absolute atomic E-state index is 12.9. The Morgan fingerprint density at radius 1 is 1.03 bits per heavy atom. The fraction of sp³-hybridized carbons (Fsp3) is 0.320. The number of anilines is 2. The van der Waals surface area contributed by atoms with Crippen LogP contribution in [-0.4, -0.2) is 47.1 Å². The standard InChI is InChI=1S/C25H27BrClN5O/c1-17-21(16-19-8-10-20(27)11-9-19)24(29-18(2)28-17)31-12-5-13-32(15-14-31)25(33)30-23-7-4-3-6-22(23)26/h3-4,6-11H,5,12-16H2,1-2H3,(H,30,33). The summed E-state index contributed by atoms with van der Waals surface area (Å²) in [5.41, 5.74) is 4.05. The van der Waals surface area contributed by atoms with Gasteiger partial charge in [-0.15, -0.1) is 0 Å². The Morgan fingerprint density at radius 2 is 1.79 bits per heavy atom. The summed E-state index contributed by atoms with van der Waals surface area (Å²) in [6.07, 6.45) is 1.60. The van der Waals surface area contributed by atoms with Crippen LogP contribution in [0.4, 0.5) is 16.3 Å². The Hall–Kier alpha value is -2.64. The third kappa shape index (κ3) is 5.84. The van der Waals surface area contributed by atoms with Crippen LogP contribution in [-0.2, 0) is 6.42 Å². The Labute approximate surface area is 208 Å². The quantitative estimate of drug-likeness (QED) is 0.462. The monoisotopic (exact) mass is 527 g/mol. The number of carbonyl (C=O) groups excluding carboxylic acids is 1. The van der Waals surface area contributed by atoms with Crippen LogP contribution in [0.15, 0.2) is 53.0 Å². The Morgan fingerprint density at radius 3 is 2.55 bits per heavy atom. The number of urea groups is 1. The highest BCUT2D eigenvalue weighted by atomic mass is 79.9. The number of hydrogen-bond acceptors (Lipinski definition) is 4. The molecule has 33 heavy (non-hydrogen) atoms. The van der Waals surface area contributed by atoms with Crippen molar-refractivity contribution in [2.24, 2.45) is 0 Å². The van der Waals surface area contributed by atoms with E-state index < -0.39 is 0 Å². The molecule has 2 aromatic carbocycles. The number of rotatable bonds is 4. The van der Waals surface area contributed by atoms with Crippen molar-refractivity contribution in [3.63, 3.8) is 0 Å². The second-order valence-electron chi connectivity index (χ2n) is 8.20. The molecule has 4 rings (SSSR count). The molecule has 0 saturated carbocycles. The third-order valence-corrected chi connectivity index (χ3v) is 6.74. The van der Waals surface area contributed by atoms with Gasteiger partial charge in [0.1, 0.15) is 11.6 Å². The minimum Gasteiger partial charge on any atom is -0.354 e. The zero-order chi connectivity index (χ0) is 23.4. The van der Waals surface area contributed by atoms with Gasteiger partial charge in [0.05, 0.1) is 5.69 Å². The molecule has 1 N–H and O–H groups in total. The average Bonchev–Trinajstić information content (AvgIpc) is 3.05. The number of halogens is 2. The van der Waals surface area contributed by atoms with Gasteiger partial charge >= 0.3 is 6.03 Å². The highest BCUT2D eigenvalue weighted by Crippen LogP contribution is 2.26.